The van der Waals surface area contributed by atoms with E-state index >= 15 is 0 Å². The van der Waals surface area contributed by atoms with Crippen molar-refractivity contribution in [2.45, 2.75) is 32.1 Å². The van der Waals surface area contributed by atoms with Crippen LogP contribution in [0.4, 0.5) is 10.1 Å². The number of nitrogens with zero attached hydrogens (tertiary/aromatic N) is 1. The van der Waals surface area contributed by atoms with Crippen LogP contribution in [0.3, 0.4) is 0 Å². The number of aryl methyl sites for hydroxylation is 3. The fourth-order valence-electron chi connectivity index (χ4n) is 3.22. The highest BCUT2D eigenvalue weighted by Gasteiger charge is 2.27. The highest BCUT2D eigenvalue weighted by atomic mass is 32.2. The number of sulfonamides is 1. The first-order valence-corrected chi connectivity index (χ1v) is 11.8. The number of hydrogen-bond donors (Lipinski definition) is 1. The minimum absolute atomic E-state index is 0.125. The van der Waals surface area contributed by atoms with Crippen molar-refractivity contribution in [3.8, 4) is 0 Å². The van der Waals surface area contributed by atoms with E-state index in [0.717, 1.165) is 26.6 Å². The summed E-state index contributed by atoms with van der Waals surface area (Å²) in [4.78, 5) is 12.8. The molecule has 1 N–H and O–H groups in total. The Morgan fingerprint density at radius 1 is 0.906 bits per heavy atom. The first kappa shape index (κ1) is 23.5. The molecule has 0 atom stereocenters. The van der Waals surface area contributed by atoms with Gasteiger partial charge in [0, 0.05) is 6.54 Å². The Bertz CT molecular complexity index is 1190. The largest absolute Gasteiger partial charge is 0.354 e. The van der Waals surface area contributed by atoms with Gasteiger partial charge in [-0.1, -0.05) is 35.9 Å². The van der Waals surface area contributed by atoms with E-state index in [-0.39, 0.29) is 17.3 Å². The lowest BCUT2D eigenvalue weighted by molar-refractivity contribution is -0.119. The third kappa shape index (κ3) is 5.73. The minimum atomic E-state index is -3.95. The highest BCUT2D eigenvalue weighted by Crippen LogP contribution is 2.26. The molecule has 0 aromatic heterocycles. The molecule has 3 rings (SSSR count). The average Bonchev–Trinajstić information content (AvgIpc) is 2.76. The molecule has 168 valence electrons. The van der Waals surface area contributed by atoms with Gasteiger partial charge < -0.3 is 5.32 Å². The second kappa shape index (κ2) is 9.96. The second-order valence-electron chi connectivity index (χ2n) is 7.82. The number of amides is 1. The summed E-state index contributed by atoms with van der Waals surface area (Å²) >= 11 is 0. The Morgan fingerprint density at radius 2 is 1.56 bits per heavy atom. The Balaban J connectivity index is 1.80. The van der Waals surface area contributed by atoms with E-state index in [4.69, 9.17) is 0 Å². The minimum Gasteiger partial charge on any atom is -0.354 e. The van der Waals surface area contributed by atoms with Gasteiger partial charge in [-0.05, 0) is 80.3 Å². The number of nitrogens with one attached hydrogen (secondary N) is 1. The summed E-state index contributed by atoms with van der Waals surface area (Å²) in [5.41, 5.74) is 4.22. The van der Waals surface area contributed by atoms with Gasteiger partial charge in [-0.25, -0.2) is 12.8 Å². The van der Waals surface area contributed by atoms with E-state index in [1.807, 2.05) is 26.8 Å². The van der Waals surface area contributed by atoms with Crippen LogP contribution in [-0.4, -0.2) is 27.4 Å². The maximum Gasteiger partial charge on any atom is 0.264 e. The summed E-state index contributed by atoms with van der Waals surface area (Å²) in [6.07, 6.45) is 0.514. The smallest absolute Gasteiger partial charge is 0.264 e. The Morgan fingerprint density at radius 3 is 2.19 bits per heavy atom. The molecule has 0 fully saturated rings. The summed E-state index contributed by atoms with van der Waals surface area (Å²) < 4.78 is 41.0. The van der Waals surface area contributed by atoms with Gasteiger partial charge in [0.2, 0.25) is 5.91 Å². The lowest BCUT2D eigenvalue weighted by Crippen LogP contribution is -2.41. The molecule has 0 saturated heterocycles. The second-order valence-corrected chi connectivity index (χ2v) is 9.68. The number of rotatable bonds is 8. The first-order chi connectivity index (χ1) is 15.2. The van der Waals surface area contributed by atoms with E-state index in [9.17, 15) is 17.6 Å². The van der Waals surface area contributed by atoms with Crippen molar-refractivity contribution in [3.05, 3.63) is 94.8 Å². The van der Waals surface area contributed by atoms with Crippen LogP contribution in [0.25, 0.3) is 0 Å². The number of benzene rings is 3. The zero-order chi connectivity index (χ0) is 23.3. The number of anilines is 1. The van der Waals surface area contributed by atoms with Crippen LogP contribution in [0.5, 0.6) is 0 Å². The lowest BCUT2D eigenvalue weighted by atomic mass is 10.1. The van der Waals surface area contributed by atoms with Crippen LogP contribution in [0.2, 0.25) is 0 Å². The van der Waals surface area contributed by atoms with Crippen LogP contribution >= 0.6 is 0 Å². The van der Waals surface area contributed by atoms with Gasteiger partial charge in [-0.3, -0.25) is 9.10 Å². The van der Waals surface area contributed by atoms with Crippen molar-refractivity contribution in [1.82, 2.24) is 5.32 Å². The van der Waals surface area contributed by atoms with E-state index in [2.05, 4.69) is 5.32 Å². The van der Waals surface area contributed by atoms with Crippen molar-refractivity contribution in [1.29, 1.82) is 0 Å². The van der Waals surface area contributed by atoms with Crippen molar-refractivity contribution in [2.75, 3.05) is 17.4 Å². The molecule has 7 heteroatoms. The summed E-state index contributed by atoms with van der Waals surface area (Å²) in [7, 11) is -3.95. The monoisotopic (exact) mass is 454 g/mol. The van der Waals surface area contributed by atoms with Gasteiger partial charge in [0.05, 0.1) is 10.6 Å². The molecule has 3 aromatic carbocycles. The Hall–Kier alpha value is -3.19. The van der Waals surface area contributed by atoms with Crippen LogP contribution in [0.1, 0.15) is 22.3 Å². The number of hydrogen-bond acceptors (Lipinski definition) is 3. The van der Waals surface area contributed by atoms with Gasteiger partial charge in [-0.15, -0.1) is 0 Å². The molecule has 0 unspecified atom stereocenters. The Labute approximate surface area is 188 Å². The Kier molecular flexibility index (Phi) is 7.30. The molecule has 0 aliphatic heterocycles. The molecular weight excluding hydrogens is 427 g/mol. The molecule has 0 bridgehead atoms. The van der Waals surface area contributed by atoms with Gasteiger partial charge in [0.15, 0.2) is 0 Å². The van der Waals surface area contributed by atoms with Gasteiger partial charge in [-0.2, -0.15) is 0 Å². The third-order valence-electron chi connectivity index (χ3n) is 5.32. The maximum absolute atomic E-state index is 13.4. The molecule has 0 radical (unpaired) electrons. The summed E-state index contributed by atoms with van der Waals surface area (Å²) in [5.74, 6) is -0.732. The van der Waals surface area contributed by atoms with E-state index in [1.165, 1.54) is 12.1 Å². The maximum atomic E-state index is 13.4. The molecule has 32 heavy (non-hydrogen) atoms. The van der Waals surface area contributed by atoms with Gasteiger partial charge in [0.25, 0.3) is 10.0 Å². The van der Waals surface area contributed by atoms with Crippen molar-refractivity contribution < 1.29 is 17.6 Å². The van der Waals surface area contributed by atoms with E-state index in [1.54, 1.807) is 48.5 Å². The standard InChI is InChI=1S/C25H27FN2O3S/c1-18-4-12-24(13-5-18)32(30,31)28(23-11-6-19(2)20(3)16-23)17-25(29)27-15-14-21-7-9-22(26)10-8-21/h4-13,16H,14-15,17H2,1-3H3,(H,27,29). The summed E-state index contributed by atoms with van der Waals surface area (Å²) in [5, 5.41) is 2.77. The summed E-state index contributed by atoms with van der Waals surface area (Å²) in [6.45, 7) is 5.70. The van der Waals surface area contributed by atoms with Crippen molar-refractivity contribution in [2.24, 2.45) is 0 Å². The molecule has 0 spiro atoms. The molecule has 0 heterocycles. The van der Waals surface area contributed by atoms with Crippen LogP contribution in [-0.2, 0) is 21.2 Å². The SMILES string of the molecule is Cc1ccc(S(=O)(=O)N(CC(=O)NCCc2ccc(F)cc2)c2ccc(C)c(C)c2)cc1. The summed E-state index contributed by atoms with van der Waals surface area (Å²) in [6, 6.07) is 17.9. The third-order valence-corrected chi connectivity index (χ3v) is 7.11. The molecule has 0 saturated carbocycles. The normalized spacial score (nSPS) is 11.2. The van der Waals surface area contributed by atoms with Crippen LogP contribution < -0.4 is 9.62 Å². The topological polar surface area (TPSA) is 66.5 Å². The first-order valence-electron chi connectivity index (χ1n) is 10.3. The fourth-order valence-corrected chi connectivity index (χ4v) is 4.63. The molecule has 0 aliphatic carbocycles. The van der Waals surface area contributed by atoms with Gasteiger partial charge in [0.1, 0.15) is 12.4 Å². The molecule has 3 aromatic rings. The fraction of sp³-hybridized carbons (Fsp3) is 0.240. The van der Waals surface area contributed by atoms with Crippen molar-refractivity contribution >= 4 is 21.6 Å². The van der Waals surface area contributed by atoms with E-state index in [0.29, 0.717) is 18.7 Å². The average molecular weight is 455 g/mol. The highest BCUT2D eigenvalue weighted by molar-refractivity contribution is 7.92. The zero-order valence-electron chi connectivity index (χ0n) is 18.4. The molecule has 0 aliphatic rings. The lowest BCUT2D eigenvalue weighted by Gasteiger charge is -2.25. The zero-order valence-corrected chi connectivity index (χ0v) is 19.2. The number of carbonyl (C=O) groups excluding carboxylic acids is 1. The van der Waals surface area contributed by atoms with E-state index < -0.39 is 15.9 Å². The molecule has 1 amide bonds. The van der Waals surface area contributed by atoms with Gasteiger partial charge >= 0.3 is 0 Å². The van der Waals surface area contributed by atoms with Crippen LogP contribution in [0.15, 0.2) is 71.6 Å². The predicted molar refractivity (Wildman–Crippen MR) is 125 cm³/mol. The van der Waals surface area contributed by atoms with Crippen molar-refractivity contribution in [3.63, 3.8) is 0 Å². The number of halogens is 1. The van der Waals surface area contributed by atoms with Crippen LogP contribution in [0, 0.1) is 26.6 Å². The quantitative estimate of drug-likeness (QED) is 0.552. The molecule has 5 nitrogen and oxygen atoms in total. The number of carbonyl (C=O) groups is 1. The molecular formula is C25H27FN2O3S. The predicted octanol–water partition coefficient (Wildman–Crippen LogP) is 4.31.